The second-order valence-corrected chi connectivity index (χ2v) is 6.88. The Kier molecular flexibility index (Phi) is 5.62. The normalized spacial score (nSPS) is 17.1. The smallest absolute Gasteiger partial charge is 0.244 e. The molecule has 1 aliphatic heterocycles. The van der Waals surface area contributed by atoms with Gasteiger partial charge in [0, 0.05) is 12.6 Å². The van der Waals surface area contributed by atoms with Gasteiger partial charge in [0.2, 0.25) is 11.8 Å². The minimum Gasteiger partial charge on any atom is -0.478 e. The number of rotatable bonds is 7. The standard InChI is InChI=1S/C21H23FN4O2/c1-2-27-20-7-3-5-17(23-20)13-19-24-21(28-25-19)18-6-4-12-26(18)14-15-8-10-16(22)11-9-15/h3,5,7-11,18H,2,4,6,12-14H2,1H3/t18-/m0/s1. The van der Waals surface area contributed by atoms with Gasteiger partial charge in [-0.2, -0.15) is 4.98 Å². The largest absolute Gasteiger partial charge is 0.478 e. The van der Waals surface area contributed by atoms with Crippen molar-refractivity contribution < 1.29 is 13.7 Å². The molecule has 0 radical (unpaired) electrons. The summed E-state index contributed by atoms with van der Waals surface area (Å²) in [6, 6.07) is 12.4. The number of ether oxygens (including phenoxy) is 1. The fourth-order valence-corrected chi connectivity index (χ4v) is 3.54. The van der Waals surface area contributed by atoms with Crippen LogP contribution in [0, 0.1) is 5.82 Å². The van der Waals surface area contributed by atoms with Gasteiger partial charge in [-0.3, -0.25) is 4.90 Å². The van der Waals surface area contributed by atoms with Crippen LogP contribution in [0.15, 0.2) is 47.0 Å². The van der Waals surface area contributed by atoms with Gasteiger partial charge in [-0.05, 0) is 50.1 Å². The molecular weight excluding hydrogens is 359 g/mol. The third kappa shape index (κ3) is 4.36. The lowest BCUT2D eigenvalue weighted by atomic mass is 10.2. The van der Waals surface area contributed by atoms with Crippen LogP contribution in [-0.4, -0.2) is 33.2 Å². The number of hydrogen-bond acceptors (Lipinski definition) is 6. The number of likely N-dealkylation sites (tertiary alicyclic amines) is 1. The SMILES string of the molecule is CCOc1cccc(Cc2noc([C@@H]3CCCN3Cc3ccc(F)cc3)n2)n1. The number of pyridine rings is 1. The van der Waals surface area contributed by atoms with Gasteiger partial charge in [0.05, 0.1) is 24.8 Å². The predicted molar refractivity (Wildman–Crippen MR) is 101 cm³/mol. The van der Waals surface area contributed by atoms with Crippen molar-refractivity contribution >= 4 is 0 Å². The lowest BCUT2D eigenvalue weighted by Crippen LogP contribution is -2.23. The van der Waals surface area contributed by atoms with Crippen molar-refractivity contribution in [2.24, 2.45) is 0 Å². The average Bonchev–Trinajstić information content (AvgIpc) is 3.33. The Morgan fingerprint density at radius 2 is 2.04 bits per heavy atom. The molecule has 7 heteroatoms. The quantitative estimate of drug-likeness (QED) is 0.617. The minimum absolute atomic E-state index is 0.0917. The first-order chi connectivity index (χ1) is 13.7. The summed E-state index contributed by atoms with van der Waals surface area (Å²) in [7, 11) is 0. The lowest BCUT2D eigenvalue weighted by molar-refractivity contribution is 0.201. The van der Waals surface area contributed by atoms with Gasteiger partial charge in [-0.25, -0.2) is 9.37 Å². The second-order valence-electron chi connectivity index (χ2n) is 6.88. The molecular formula is C21H23FN4O2. The van der Waals surface area contributed by atoms with Crippen molar-refractivity contribution in [3.05, 3.63) is 71.3 Å². The fraction of sp³-hybridized carbons (Fsp3) is 0.381. The van der Waals surface area contributed by atoms with Crippen LogP contribution in [0.3, 0.4) is 0 Å². The third-order valence-corrected chi connectivity index (χ3v) is 4.84. The molecule has 1 saturated heterocycles. The van der Waals surface area contributed by atoms with Gasteiger partial charge in [0.15, 0.2) is 5.82 Å². The van der Waals surface area contributed by atoms with Crippen molar-refractivity contribution in [1.29, 1.82) is 0 Å². The van der Waals surface area contributed by atoms with Crippen LogP contribution in [0.5, 0.6) is 5.88 Å². The number of aromatic nitrogens is 3. The van der Waals surface area contributed by atoms with Crippen LogP contribution in [-0.2, 0) is 13.0 Å². The molecule has 1 aromatic carbocycles. The summed E-state index contributed by atoms with van der Waals surface area (Å²) in [6.45, 7) is 4.20. The van der Waals surface area contributed by atoms with Crippen LogP contribution in [0.2, 0.25) is 0 Å². The number of halogens is 1. The summed E-state index contributed by atoms with van der Waals surface area (Å²) in [5, 5.41) is 4.14. The molecule has 0 saturated carbocycles. The molecule has 1 fully saturated rings. The molecule has 0 bridgehead atoms. The van der Waals surface area contributed by atoms with Crippen LogP contribution < -0.4 is 4.74 Å². The Bertz CT molecular complexity index is 913. The highest BCUT2D eigenvalue weighted by molar-refractivity contribution is 5.19. The molecule has 0 N–H and O–H groups in total. The van der Waals surface area contributed by atoms with Gasteiger partial charge in [0.25, 0.3) is 0 Å². The van der Waals surface area contributed by atoms with Crippen LogP contribution in [0.25, 0.3) is 0 Å². The Balaban J connectivity index is 1.44. The Labute approximate surface area is 163 Å². The molecule has 3 heterocycles. The Hall–Kier alpha value is -2.80. The van der Waals surface area contributed by atoms with Gasteiger partial charge < -0.3 is 9.26 Å². The maximum absolute atomic E-state index is 13.1. The van der Waals surface area contributed by atoms with Gasteiger partial charge in [-0.15, -0.1) is 0 Å². The molecule has 6 nitrogen and oxygen atoms in total. The van der Waals surface area contributed by atoms with E-state index in [-0.39, 0.29) is 11.9 Å². The highest BCUT2D eigenvalue weighted by atomic mass is 19.1. The summed E-state index contributed by atoms with van der Waals surface area (Å²) in [6.07, 6.45) is 2.54. The molecule has 0 spiro atoms. The van der Waals surface area contributed by atoms with E-state index in [1.54, 1.807) is 0 Å². The third-order valence-electron chi connectivity index (χ3n) is 4.84. The summed E-state index contributed by atoms with van der Waals surface area (Å²) in [5.74, 6) is 1.63. The van der Waals surface area contributed by atoms with E-state index >= 15 is 0 Å². The Morgan fingerprint density at radius 3 is 2.86 bits per heavy atom. The summed E-state index contributed by atoms with van der Waals surface area (Å²) in [5.41, 5.74) is 1.91. The van der Waals surface area contributed by atoms with Crippen molar-refractivity contribution in [2.75, 3.05) is 13.2 Å². The molecule has 3 aromatic rings. The molecule has 28 heavy (non-hydrogen) atoms. The maximum atomic E-state index is 13.1. The monoisotopic (exact) mass is 382 g/mol. The minimum atomic E-state index is -0.217. The highest BCUT2D eigenvalue weighted by Gasteiger charge is 2.30. The van der Waals surface area contributed by atoms with Crippen LogP contribution in [0.4, 0.5) is 4.39 Å². The molecule has 0 unspecified atom stereocenters. The van der Waals surface area contributed by atoms with E-state index in [9.17, 15) is 4.39 Å². The van der Waals surface area contributed by atoms with E-state index in [0.717, 1.165) is 37.2 Å². The number of benzene rings is 1. The zero-order valence-electron chi connectivity index (χ0n) is 15.8. The van der Waals surface area contributed by atoms with Crippen molar-refractivity contribution in [3.63, 3.8) is 0 Å². The maximum Gasteiger partial charge on any atom is 0.244 e. The van der Waals surface area contributed by atoms with Gasteiger partial charge in [-0.1, -0.05) is 23.4 Å². The lowest BCUT2D eigenvalue weighted by Gasteiger charge is -2.21. The van der Waals surface area contributed by atoms with E-state index in [2.05, 4.69) is 20.0 Å². The summed E-state index contributed by atoms with van der Waals surface area (Å²) in [4.78, 5) is 11.4. The van der Waals surface area contributed by atoms with Crippen molar-refractivity contribution in [3.8, 4) is 5.88 Å². The predicted octanol–water partition coefficient (Wildman–Crippen LogP) is 3.93. The molecule has 0 aliphatic carbocycles. The van der Waals surface area contributed by atoms with Crippen LogP contribution >= 0.6 is 0 Å². The molecule has 4 rings (SSSR count). The number of hydrogen-bond donors (Lipinski definition) is 0. The second kappa shape index (κ2) is 8.48. The molecule has 0 amide bonds. The van der Waals surface area contributed by atoms with Crippen LogP contribution in [0.1, 0.15) is 48.8 Å². The van der Waals surface area contributed by atoms with E-state index in [0.29, 0.717) is 30.6 Å². The van der Waals surface area contributed by atoms with Gasteiger partial charge in [0.1, 0.15) is 5.82 Å². The summed E-state index contributed by atoms with van der Waals surface area (Å²) < 4.78 is 24.1. The van der Waals surface area contributed by atoms with E-state index in [1.165, 1.54) is 12.1 Å². The first kappa shape index (κ1) is 18.6. The Morgan fingerprint density at radius 1 is 1.18 bits per heavy atom. The van der Waals surface area contributed by atoms with E-state index < -0.39 is 0 Å². The first-order valence-corrected chi connectivity index (χ1v) is 9.61. The van der Waals surface area contributed by atoms with Gasteiger partial charge >= 0.3 is 0 Å². The average molecular weight is 382 g/mol. The summed E-state index contributed by atoms with van der Waals surface area (Å²) >= 11 is 0. The zero-order chi connectivity index (χ0) is 19.3. The molecule has 146 valence electrons. The van der Waals surface area contributed by atoms with Crippen molar-refractivity contribution in [2.45, 2.75) is 38.8 Å². The van der Waals surface area contributed by atoms with E-state index in [1.807, 2.05) is 37.3 Å². The highest BCUT2D eigenvalue weighted by Crippen LogP contribution is 2.32. The van der Waals surface area contributed by atoms with E-state index in [4.69, 9.17) is 9.26 Å². The number of nitrogens with zero attached hydrogens (tertiary/aromatic N) is 4. The molecule has 1 aliphatic rings. The topological polar surface area (TPSA) is 64.3 Å². The first-order valence-electron chi connectivity index (χ1n) is 9.61. The molecule has 1 atom stereocenters. The van der Waals surface area contributed by atoms with Crippen molar-refractivity contribution in [1.82, 2.24) is 20.0 Å². The molecule has 2 aromatic heterocycles. The fourth-order valence-electron chi connectivity index (χ4n) is 3.54. The zero-order valence-corrected chi connectivity index (χ0v) is 15.8.